The van der Waals surface area contributed by atoms with Crippen LogP contribution in [0, 0.1) is 5.41 Å². The van der Waals surface area contributed by atoms with E-state index in [9.17, 15) is 9.59 Å². The molecule has 30 heavy (non-hydrogen) atoms. The summed E-state index contributed by atoms with van der Waals surface area (Å²) in [5.74, 6) is -0.182. The third kappa shape index (κ3) is 3.86. The highest BCUT2D eigenvalue weighted by Gasteiger charge is 2.49. The number of aromatic nitrogens is 2. The molecular weight excluding hydrogens is 378 g/mol. The van der Waals surface area contributed by atoms with Crippen molar-refractivity contribution >= 4 is 11.8 Å². The molecule has 2 aliphatic rings. The van der Waals surface area contributed by atoms with Gasteiger partial charge in [-0.05, 0) is 55.2 Å². The zero-order valence-corrected chi connectivity index (χ0v) is 18.0. The Labute approximate surface area is 177 Å². The second-order valence-electron chi connectivity index (χ2n) is 9.01. The predicted octanol–water partition coefficient (Wildman–Crippen LogP) is 2.38. The van der Waals surface area contributed by atoms with E-state index in [0.29, 0.717) is 13.0 Å². The van der Waals surface area contributed by atoms with Crippen LogP contribution in [0.25, 0.3) is 11.3 Å². The maximum atomic E-state index is 13.0. The lowest BCUT2D eigenvalue weighted by molar-refractivity contribution is -0.140. The molecule has 1 aliphatic heterocycles. The van der Waals surface area contributed by atoms with Crippen molar-refractivity contribution in [2.24, 2.45) is 18.2 Å². The number of rotatable bonds is 6. The van der Waals surface area contributed by atoms with Gasteiger partial charge in [-0.1, -0.05) is 31.2 Å². The SMILES string of the molecule is CC(NC(=O)C1CCCN1C(=O)C(N)C1(C)CC1)c1ccc(-c2ccnn2C)cc1. The van der Waals surface area contributed by atoms with Gasteiger partial charge in [0.15, 0.2) is 0 Å². The van der Waals surface area contributed by atoms with Gasteiger partial charge in [0, 0.05) is 19.8 Å². The number of nitrogens with two attached hydrogens (primary N) is 1. The highest BCUT2D eigenvalue weighted by atomic mass is 16.2. The summed E-state index contributed by atoms with van der Waals surface area (Å²) in [5.41, 5.74) is 9.27. The number of amides is 2. The van der Waals surface area contributed by atoms with Gasteiger partial charge >= 0.3 is 0 Å². The molecule has 3 unspecified atom stereocenters. The molecular formula is C23H31N5O2. The van der Waals surface area contributed by atoms with E-state index in [0.717, 1.165) is 36.1 Å². The van der Waals surface area contributed by atoms with Crippen molar-refractivity contribution in [2.75, 3.05) is 6.54 Å². The molecule has 2 fully saturated rings. The van der Waals surface area contributed by atoms with Crippen molar-refractivity contribution < 1.29 is 9.59 Å². The van der Waals surface area contributed by atoms with Crippen molar-refractivity contribution in [3.05, 3.63) is 42.1 Å². The average molecular weight is 410 g/mol. The van der Waals surface area contributed by atoms with Crippen LogP contribution in [-0.4, -0.2) is 45.1 Å². The lowest BCUT2D eigenvalue weighted by Crippen LogP contribution is -2.53. The zero-order chi connectivity index (χ0) is 21.5. The van der Waals surface area contributed by atoms with Gasteiger partial charge in [0.05, 0.1) is 17.8 Å². The van der Waals surface area contributed by atoms with E-state index in [1.807, 2.05) is 49.0 Å². The number of benzene rings is 1. The largest absolute Gasteiger partial charge is 0.348 e. The van der Waals surface area contributed by atoms with E-state index in [4.69, 9.17) is 5.73 Å². The van der Waals surface area contributed by atoms with Gasteiger partial charge in [-0.2, -0.15) is 5.10 Å². The smallest absolute Gasteiger partial charge is 0.243 e. The fourth-order valence-corrected chi connectivity index (χ4v) is 4.28. The summed E-state index contributed by atoms with van der Waals surface area (Å²) < 4.78 is 1.83. The minimum absolute atomic E-state index is 0.0826. The summed E-state index contributed by atoms with van der Waals surface area (Å²) in [4.78, 5) is 27.6. The number of carbonyl (C=O) groups excluding carboxylic acids is 2. The van der Waals surface area contributed by atoms with E-state index < -0.39 is 12.1 Å². The Morgan fingerprint density at radius 1 is 1.23 bits per heavy atom. The van der Waals surface area contributed by atoms with Crippen LogP contribution in [0.15, 0.2) is 36.5 Å². The van der Waals surface area contributed by atoms with E-state index >= 15 is 0 Å². The van der Waals surface area contributed by atoms with Gasteiger partial charge in [0.1, 0.15) is 6.04 Å². The molecule has 1 saturated heterocycles. The molecule has 2 amide bonds. The van der Waals surface area contributed by atoms with Crippen LogP contribution < -0.4 is 11.1 Å². The third-order valence-corrected chi connectivity index (χ3v) is 6.78. The van der Waals surface area contributed by atoms with Gasteiger partial charge in [0.2, 0.25) is 11.8 Å². The molecule has 0 spiro atoms. The number of nitrogens with one attached hydrogen (secondary N) is 1. The number of hydrogen-bond donors (Lipinski definition) is 2. The summed E-state index contributed by atoms with van der Waals surface area (Å²) in [5, 5.41) is 7.30. The molecule has 3 N–H and O–H groups in total. The molecule has 3 atom stereocenters. The quantitative estimate of drug-likeness (QED) is 0.766. The first-order valence-corrected chi connectivity index (χ1v) is 10.7. The minimum atomic E-state index is -0.511. The first-order chi connectivity index (χ1) is 14.3. The fraction of sp³-hybridized carbons (Fsp3) is 0.522. The number of nitrogens with zero attached hydrogens (tertiary/aromatic N) is 3. The zero-order valence-electron chi connectivity index (χ0n) is 18.0. The van der Waals surface area contributed by atoms with Gasteiger partial charge in [-0.15, -0.1) is 0 Å². The number of likely N-dealkylation sites (tertiary alicyclic amines) is 1. The van der Waals surface area contributed by atoms with Gasteiger partial charge in [-0.3, -0.25) is 14.3 Å². The standard InChI is InChI=1S/C23H31N5O2/c1-15(16-6-8-17(9-7-16)18-10-13-25-27(18)3)26-21(29)19-5-4-14-28(19)22(30)20(24)23(2)11-12-23/h6-10,13,15,19-20H,4-5,11-12,14,24H2,1-3H3,(H,26,29). The van der Waals surface area contributed by atoms with Crippen molar-refractivity contribution in [2.45, 2.75) is 57.7 Å². The Balaban J connectivity index is 1.40. The van der Waals surface area contributed by atoms with Crippen molar-refractivity contribution in [3.8, 4) is 11.3 Å². The second kappa shape index (κ2) is 7.87. The molecule has 2 aromatic rings. The molecule has 1 aliphatic carbocycles. The maximum absolute atomic E-state index is 13.0. The summed E-state index contributed by atoms with van der Waals surface area (Å²) in [6.07, 6.45) is 5.26. The minimum Gasteiger partial charge on any atom is -0.348 e. The Hall–Kier alpha value is -2.67. The average Bonchev–Trinajstić information content (AvgIpc) is 3.13. The summed E-state index contributed by atoms with van der Waals surface area (Å²) in [7, 11) is 1.91. The fourth-order valence-electron chi connectivity index (χ4n) is 4.28. The van der Waals surface area contributed by atoms with Crippen LogP contribution in [0.1, 0.15) is 51.1 Å². The van der Waals surface area contributed by atoms with Crippen LogP contribution in [-0.2, 0) is 16.6 Å². The molecule has 1 saturated carbocycles. The molecule has 0 bridgehead atoms. The second-order valence-corrected chi connectivity index (χ2v) is 9.01. The van der Waals surface area contributed by atoms with Crippen LogP contribution in [0.4, 0.5) is 0 Å². The predicted molar refractivity (Wildman–Crippen MR) is 115 cm³/mol. The Kier molecular flexibility index (Phi) is 5.40. The lowest BCUT2D eigenvalue weighted by atomic mass is 9.98. The van der Waals surface area contributed by atoms with Crippen molar-refractivity contribution in [1.82, 2.24) is 20.0 Å². The summed E-state index contributed by atoms with van der Waals surface area (Å²) >= 11 is 0. The van der Waals surface area contributed by atoms with Crippen molar-refractivity contribution in [3.63, 3.8) is 0 Å². The normalized spacial score (nSPS) is 21.9. The highest BCUT2D eigenvalue weighted by Crippen LogP contribution is 2.48. The molecule has 2 heterocycles. The van der Waals surface area contributed by atoms with E-state index in [1.165, 1.54) is 0 Å². The molecule has 1 aromatic heterocycles. The Morgan fingerprint density at radius 3 is 2.53 bits per heavy atom. The highest BCUT2D eigenvalue weighted by molar-refractivity contribution is 5.91. The lowest BCUT2D eigenvalue weighted by Gasteiger charge is -2.30. The Bertz CT molecular complexity index is 931. The number of carbonyl (C=O) groups is 2. The van der Waals surface area contributed by atoms with Gasteiger partial charge in [0.25, 0.3) is 0 Å². The number of hydrogen-bond acceptors (Lipinski definition) is 4. The van der Waals surface area contributed by atoms with Crippen molar-refractivity contribution in [1.29, 1.82) is 0 Å². The van der Waals surface area contributed by atoms with E-state index in [2.05, 4.69) is 17.3 Å². The first kappa shape index (κ1) is 20.6. The van der Waals surface area contributed by atoms with Crippen LogP contribution in [0.2, 0.25) is 0 Å². The van der Waals surface area contributed by atoms with Gasteiger partial charge < -0.3 is 16.0 Å². The Morgan fingerprint density at radius 2 is 1.93 bits per heavy atom. The molecule has 4 rings (SSSR count). The summed E-state index contributed by atoms with van der Waals surface area (Å²) in [6, 6.07) is 9.00. The number of aryl methyl sites for hydroxylation is 1. The third-order valence-electron chi connectivity index (χ3n) is 6.78. The summed E-state index contributed by atoms with van der Waals surface area (Å²) in [6.45, 7) is 4.63. The van der Waals surface area contributed by atoms with Crippen LogP contribution in [0.5, 0.6) is 0 Å². The van der Waals surface area contributed by atoms with Crippen LogP contribution in [0.3, 0.4) is 0 Å². The first-order valence-electron chi connectivity index (χ1n) is 10.7. The maximum Gasteiger partial charge on any atom is 0.243 e. The monoisotopic (exact) mass is 409 g/mol. The molecule has 7 nitrogen and oxygen atoms in total. The van der Waals surface area contributed by atoms with E-state index in [1.54, 1.807) is 11.1 Å². The molecule has 160 valence electrons. The van der Waals surface area contributed by atoms with E-state index in [-0.39, 0.29) is 23.3 Å². The molecule has 1 aromatic carbocycles. The van der Waals surface area contributed by atoms with Crippen LogP contribution >= 0.6 is 0 Å². The molecule has 0 radical (unpaired) electrons. The topological polar surface area (TPSA) is 93.2 Å². The molecule has 7 heteroatoms. The van der Waals surface area contributed by atoms with Gasteiger partial charge in [-0.25, -0.2) is 0 Å².